The summed E-state index contributed by atoms with van der Waals surface area (Å²) < 4.78 is 0. The maximum absolute atomic E-state index is 11.7. The summed E-state index contributed by atoms with van der Waals surface area (Å²) in [6.45, 7) is 3.98. The van der Waals surface area contributed by atoms with Crippen molar-refractivity contribution in [2.75, 3.05) is 10.6 Å². The van der Waals surface area contributed by atoms with E-state index < -0.39 is 11.9 Å². The Morgan fingerprint density at radius 3 is 2.47 bits per heavy atom. The zero-order valence-corrected chi connectivity index (χ0v) is 9.83. The fraction of sp³-hybridized carbons (Fsp3) is 0.333. The van der Waals surface area contributed by atoms with E-state index in [-0.39, 0.29) is 12.3 Å². The molecule has 0 fully saturated rings. The molecule has 1 aliphatic rings. The number of carbonyl (C=O) groups is 2. The number of primary amides is 1. The summed E-state index contributed by atoms with van der Waals surface area (Å²) in [5.41, 5.74) is 8.92. The third-order valence-corrected chi connectivity index (χ3v) is 2.94. The number of rotatable bonds is 2. The third kappa shape index (κ3) is 2.22. The van der Waals surface area contributed by atoms with Crippen molar-refractivity contribution in [1.29, 1.82) is 0 Å². The van der Waals surface area contributed by atoms with E-state index >= 15 is 0 Å². The highest BCUT2D eigenvalue weighted by Crippen LogP contribution is 2.30. The van der Waals surface area contributed by atoms with E-state index in [1.54, 1.807) is 0 Å². The van der Waals surface area contributed by atoms with Crippen LogP contribution in [0.2, 0.25) is 0 Å². The smallest absolute Gasteiger partial charge is 0.247 e. The van der Waals surface area contributed by atoms with Crippen LogP contribution < -0.4 is 16.4 Å². The standard InChI is InChI=1S/C12H15N3O2/c1-6-3-8-9(4-7(6)2)15-12(17)10(14-8)5-11(13)16/h3-4,10,14H,5H2,1-2H3,(H2,13,16)(H,15,17). The van der Waals surface area contributed by atoms with Crippen molar-refractivity contribution in [1.82, 2.24) is 0 Å². The molecule has 2 amide bonds. The van der Waals surface area contributed by atoms with Crippen LogP contribution in [0.1, 0.15) is 17.5 Å². The fourth-order valence-electron chi connectivity index (χ4n) is 1.86. The monoisotopic (exact) mass is 233 g/mol. The first-order valence-corrected chi connectivity index (χ1v) is 5.44. The van der Waals surface area contributed by atoms with Crippen LogP contribution in [0.5, 0.6) is 0 Å². The van der Waals surface area contributed by atoms with Crippen molar-refractivity contribution in [3.05, 3.63) is 23.3 Å². The molecule has 4 N–H and O–H groups in total. The second-order valence-corrected chi connectivity index (χ2v) is 4.34. The summed E-state index contributed by atoms with van der Waals surface area (Å²) >= 11 is 0. The van der Waals surface area contributed by atoms with Crippen molar-refractivity contribution in [2.24, 2.45) is 5.73 Å². The zero-order chi connectivity index (χ0) is 12.6. The number of fused-ring (bicyclic) bond motifs is 1. The molecular formula is C12H15N3O2. The van der Waals surface area contributed by atoms with Gasteiger partial charge in [-0.05, 0) is 37.1 Å². The van der Waals surface area contributed by atoms with Crippen LogP contribution in [0.3, 0.4) is 0 Å². The first kappa shape index (κ1) is 11.4. The van der Waals surface area contributed by atoms with Gasteiger partial charge in [-0.25, -0.2) is 0 Å². The predicted molar refractivity (Wildman–Crippen MR) is 65.8 cm³/mol. The molecule has 0 saturated heterocycles. The van der Waals surface area contributed by atoms with Crippen LogP contribution in [0, 0.1) is 13.8 Å². The normalized spacial score (nSPS) is 18.0. The van der Waals surface area contributed by atoms with Crippen LogP contribution in [0.15, 0.2) is 12.1 Å². The molecule has 1 atom stereocenters. The van der Waals surface area contributed by atoms with Crippen molar-refractivity contribution in [2.45, 2.75) is 26.3 Å². The average molecular weight is 233 g/mol. The molecule has 1 aliphatic heterocycles. The highest BCUT2D eigenvalue weighted by atomic mass is 16.2. The lowest BCUT2D eigenvalue weighted by Crippen LogP contribution is -2.41. The van der Waals surface area contributed by atoms with E-state index in [0.29, 0.717) is 0 Å². The van der Waals surface area contributed by atoms with Gasteiger partial charge in [0.15, 0.2) is 0 Å². The first-order chi connectivity index (χ1) is 7.97. The van der Waals surface area contributed by atoms with Crippen LogP contribution in [-0.2, 0) is 9.59 Å². The number of nitrogens with two attached hydrogens (primary N) is 1. The lowest BCUT2D eigenvalue weighted by atomic mass is 10.0. The Labute approximate surface area is 99.4 Å². The maximum Gasteiger partial charge on any atom is 0.247 e. The molecule has 1 aromatic rings. The van der Waals surface area contributed by atoms with Gasteiger partial charge in [0.05, 0.1) is 17.8 Å². The zero-order valence-electron chi connectivity index (χ0n) is 9.83. The number of anilines is 2. The summed E-state index contributed by atoms with van der Waals surface area (Å²) in [7, 11) is 0. The van der Waals surface area contributed by atoms with E-state index in [1.165, 1.54) is 0 Å². The molecule has 0 spiro atoms. The van der Waals surface area contributed by atoms with Gasteiger partial charge < -0.3 is 16.4 Å². The molecule has 1 unspecified atom stereocenters. The fourth-order valence-corrected chi connectivity index (χ4v) is 1.86. The van der Waals surface area contributed by atoms with Gasteiger partial charge in [-0.15, -0.1) is 0 Å². The van der Waals surface area contributed by atoms with Gasteiger partial charge in [0.1, 0.15) is 6.04 Å². The Balaban J connectivity index is 2.31. The molecule has 2 rings (SSSR count). The van der Waals surface area contributed by atoms with Gasteiger partial charge in [0.2, 0.25) is 11.8 Å². The third-order valence-electron chi connectivity index (χ3n) is 2.94. The molecule has 0 bridgehead atoms. The van der Waals surface area contributed by atoms with Gasteiger partial charge in [0.25, 0.3) is 0 Å². The number of hydrogen-bond acceptors (Lipinski definition) is 3. The maximum atomic E-state index is 11.7. The summed E-state index contributed by atoms with van der Waals surface area (Å²) in [6.07, 6.45) is -0.00179. The topological polar surface area (TPSA) is 84.2 Å². The number of aryl methyl sites for hydroxylation is 2. The molecular weight excluding hydrogens is 218 g/mol. The molecule has 17 heavy (non-hydrogen) atoms. The number of benzene rings is 1. The van der Waals surface area contributed by atoms with E-state index in [1.807, 2.05) is 26.0 Å². The minimum absolute atomic E-state index is 0.00179. The largest absolute Gasteiger partial charge is 0.372 e. The number of carbonyl (C=O) groups excluding carboxylic acids is 2. The Hall–Kier alpha value is -2.04. The van der Waals surface area contributed by atoms with E-state index in [2.05, 4.69) is 10.6 Å². The van der Waals surface area contributed by atoms with Crippen LogP contribution in [0.4, 0.5) is 11.4 Å². The van der Waals surface area contributed by atoms with Crippen molar-refractivity contribution in [3.63, 3.8) is 0 Å². The SMILES string of the molecule is Cc1cc2c(cc1C)NC(CC(N)=O)C(=O)N2. The molecule has 0 radical (unpaired) electrons. The quantitative estimate of drug-likeness (QED) is 0.710. The van der Waals surface area contributed by atoms with Gasteiger partial charge in [-0.3, -0.25) is 9.59 Å². The van der Waals surface area contributed by atoms with Crippen LogP contribution >= 0.6 is 0 Å². The van der Waals surface area contributed by atoms with Crippen LogP contribution in [0.25, 0.3) is 0 Å². The van der Waals surface area contributed by atoms with Crippen molar-refractivity contribution in [3.8, 4) is 0 Å². The summed E-state index contributed by atoms with van der Waals surface area (Å²) in [4.78, 5) is 22.6. The Morgan fingerprint density at radius 1 is 1.29 bits per heavy atom. The molecule has 0 aromatic heterocycles. The highest BCUT2D eigenvalue weighted by molar-refractivity contribution is 6.04. The molecule has 0 saturated carbocycles. The first-order valence-electron chi connectivity index (χ1n) is 5.44. The minimum atomic E-state index is -0.581. The lowest BCUT2D eigenvalue weighted by molar-refractivity contribution is -0.123. The van der Waals surface area contributed by atoms with Gasteiger partial charge >= 0.3 is 0 Å². The molecule has 5 heteroatoms. The van der Waals surface area contributed by atoms with Crippen molar-refractivity contribution >= 4 is 23.2 Å². The summed E-state index contributed by atoms with van der Waals surface area (Å²) in [6, 6.07) is 3.29. The Bertz CT molecular complexity index is 497. The lowest BCUT2D eigenvalue weighted by Gasteiger charge is -2.27. The second-order valence-electron chi connectivity index (χ2n) is 4.34. The summed E-state index contributed by atoms with van der Waals surface area (Å²) in [5.74, 6) is -0.718. The van der Waals surface area contributed by atoms with E-state index in [9.17, 15) is 9.59 Å². The van der Waals surface area contributed by atoms with E-state index in [4.69, 9.17) is 5.73 Å². The minimum Gasteiger partial charge on any atom is -0.372 e. The molecule has 5 nitrogen and oxygen atoms in total. The Morgan fingerprint density at radius 2 is 1.88 bits per heavy atom. The molecule has 1 aromatic carbocycles. The van der Waals surface area contributed by atoms with Gasteiger partial charge in [-0.1, -0.05) is 0 Å². The molecule has 90 valence electrons. The molecule has 0 aliphatic carbocycles. The Kier molecular flexibility index (Phi) is 2.75. The predicted octanol–water partition coefficient (Wildman–Crippen LogP) is 0.911. The number of nitrogens with one attached hydrogen (secondary N) is 2. The van der Waals surface area contributed by atoms with Gasteiger partial charge in [-0.2, -0.15) is 0 Å². The van der Waals surface area contributed by atoms with Crippen LogP contribution in [-0.4, -0.2) is 17.9 Å². The average Bonchev–Trinajstić information content (AvgIpc) is 2.22. The number of amides is 2. The number of hydrogen-bond donors (Lipinski definition) is 3. The highest BCUT2D eigenvalue weighted by Gasteiger charge is 2.26. The summed E-state index contributed by atoms with van der Waals surface area (Å²) in [5, 5.41) is 5.81. The van der Waals surface area contributed by atoms with E-state index in [0.717, 1.165) is 22.5 Å². The second kappa shape index (κ2) is 4.08. The molecule has 1 heterocycles. The van der Waals surface area contributed by atoms with Gasteiger partial charge in [0, 0.05) is 0 Å². The van der Waals surface area contributed by atoms with Crippen molar-refractivity contribution < 1.29 is 9.59 Å².